The largest absolute Gasteiger partial charge is 0.481 e. The molecular weight excluding hydrogens is 325 g/mol. The lowest BCUT2D eigenvalue weighted by Gasteiger charge is -2.37. The van der Waals surface area contributed by atoms with Crippen LogP contribution in [0, 0.1) is 23.7 Å². The van der Waals surface area contributed by atoms with E-state index >= 15 is 0 Å². The number of anilines is 1. The van der Waals surface area contributed by atoms with E-state index in [9.17, 15) is 14.7 Å². The van der Waals surface area contributed by atoms with Crippen molar-refractivity contribution in [3.05, 3.63) is 28.2 Å². The summed E-state index contributed by atoms with van der Waals surface area (Å²) in [6.07, 6.45) is 1.67. The second kappa shape index (κ2) is 6.88. The molecule has 2 N–H and O–H groups in total. The molecule has 1 amide bonds. The molecule has 1 fully saturated rings. The number of halogens is 2. The third-order valence-electron chi connectivity index (χ3n) is 4.41. The summed E-state index contributed by atoms with van der Waals surface area (Å²) in [6.45, 7) is 3.82. The smallest absolute Gasteiger partial charge is 0.307 e. The number of carboxylic acids is 1. The summed E-state index contributed by atoms with van der Waals surface area (Å²) in [6, 6.07) is 4.76. The zero-order chi connectivity index (χ0) is 16.4. The van der Waals surface area contributed by atoms with Crippen molar-refractivity contribution in [3.63, 3.8) is 0 Å². The zero-order valence-electron chi connectivity index (χ0n) is 12.5. The molecule has 1 aliphatic rings. The lowest BCUT2D eigenvalue weighted by atomic mass is 9.67. The molecule has 4 nitrogen and oxygen atoms in total. The van der Waals surface area contributed by atoms with Gasteiger partial charge in [-0.1, -0.05) is 37.0 Å². The Labute approximate surface area is 139 Å². The van der Waals surface area contributed by atoms with E-state index in [1.54, 1.807) is 18.2 Å². The van der Waals surface area contributed by atoms with Crippen LogP contribution in [0.2, 0.25) is 10.0 Å². The normalized spacial score (nSPS) is 28.2. The number of benzene rings is 1. The lowest BCUT2D eigenvalue weighted by molar-refractivity contribution is -0.152. The first-order valence-electron chi connectivity index (χ1n) is 7.29. The minimum absolute atomic E-state index is 0.0203. The molecule has 1 aliphatic carbocycles. The quantitative estimate of drug-likeness (QED) is 0.858. The lowest BCUT2D eigenvalue weighted by Crippen LogP contribution is -2.44. The monoisotopic (exact) mass is 343 g/mol. The number of aliphatic carboxylic acids is 1. The number of hydrogen-bond donors (Lipinski definition) is 2. The fraction of sp³-hybridized carbons (Fsp3) is 0.500. The number of carbonyl (C=O) groups is 2. The fourth-order valence-corrected chi connectivity index (χ4v) is 3.79. The van der Waals surface area contributed by atoms with E-state index in [0.29, 0.717) is 15.7 Å². The topological polar surface area (TPSA) is 66.4 Å². The summed E-state index contributed by atoms with van der Waals surface area (Å²) in [5, 5.41) is 13.1. The van der Waals surface area contributed by atoms with Crippen molar-refractivity contribution in [2.24, 2.45) is 23.7 Å². The molecule has 1 aromatic carbocycles. The van der Waals surface area contributed by atoms with Crippen molar-refractivity contribution in [3.8, 4) is 0 Å². The van der Waals surface area contributed by atoms with E-state index in [-0.39, 0.29) is 17.7 Å². The first-order chi connectivity index (χ1) is 10.3. The van der Waals surface area contributed by atoms with Gasteiger partial charge < -0.3 is 10.4 Å². The fourth-order valence-electron chi connectivity index (χ4n) is 3.26. The van der Waals surface area contributed by atoms with E-state index in [1.165, 1.54) is 0 Å². The highest BCUT2D eigenvalue weighted by Gasteiger charge is 2.43. The SMILES string of the molecule is CC1CCC(C)C(C(=O)Nc2cc(Cl)cc(Cl)c2)C1C(=O)O. The van der Waals surface area contributed by atoms with E-state index in [0.717, 1.165) is 12.8 Å². The van der Waals surface area contributed by atoms with Gasteiger partial charge in [0.1, 0.15) is 0 Å². The molecule has 0 radical (unpaired) electrons. The van der Waals surface area contributed by atoms with Gasteiger partial charge in [-0.2, -0.15) is 0 Å². The summed E-state index contributed by atoms with van der Waals surface area (Å²) < 4.78 is 0. The van der Waals surface area contributed by atoms with Gasteiger partial charge >= 0.3 is 5.97 Å². The molecule has 1 aromatic rings. The zero-order valence-corrected chi connectivity index (χ0v) is 14.0. The van der Waals surface area contributed by atoms with Gasteiger partial charge in [-0.3, -0.25) is 9.59 Å². The highest BCUT2D eigenvalue weighted by Crippen LogP contribution is 2.39. The van der Waals surface area contributed by atoms with Crippen LogP contribution < -0.4 is 5.32 Å². The number of rotatable bonds is 3. The van der Waals surface area contributed by atoms with Gasteiger partial charge in [0.05, 0.1) is 11.8 Å². The van der Waals surface area contributed by atoms with Crippen LogP contribution in [-0.4, -0.2) is 17.0 Å². The summed E-state index contributed by atoms with van der Waals surface area (Å²) in [5.41, 5.74) is 0.483. The molecule has 0 aromatic heterocycles. The average molecular weight is 344 g/mol. The minimum Gasteiger partial charge on any atom is -0.481 e. The van der Waals surface area contributed by atoms with Crippen molar-refractivity contribution < 1.29 is 14.7 Å². The Morgan fingerprint density at radius 1 is 1.05 bits per heavy atom. The highest BCUT2D eigenvalue weighted by molar-refractivity contribution is 6.35. The molecule has 4 atom stereocenters. The van der Waals surface area contributed by atoms with Crippen molar-refractivity contribution >= 4 is 40.8 Å². The van der Waals surface area contributed by atoms with Gasteiger partial charge in [-0.25, -0.2) is 0 Å². The minimum atomic E-state index is -0.914. The van der Waals surface area contributed by atoms with Crippen molar-refractivity contribution in [2.45, 2.75) is 26.7 Å². The Morgan fingerprint density at radius 2 is 1.55 bits per heavy atom. The van der Waals surface area contributed by atoms with Crippen molar-refractivity contribution in [1.82, 2.24) is 0 Å². The van der Waals surface area contributed by atoms with Gasteiger partial charge in [0.25, 0.3) is 0 Å². The Balaban J connectivity index is 2.23. The van der Waals surface area contributed by atoms with Crippen LogP contribution in [0.4, 0.5) is 5.69 Å². The van der Waals surface area contributed by atoms with Gasteiger partial charge in [0.2, 0.25) is 5.91 Å². The number of amides is 1. The maximum absolute atomic E-state index is 12.6. The molecule has 2 rings (SSSR count). The second-order valence-corrected chi connectivity index (χ2v) is 6.94. The van der Waals surface area contributed by atoms with Gasteiger partial charge in [0.15, 0.2) is 0 Å². The molecule has 120 valence electrons. The molecular formula is C16H19Cl2NO3. The molecule has 0 saturated heterocycles. The van der Waals surface area contributed by atoms with E-state index in [4.69, 9.17) is 23.2 Å². The Bertz CT molecular complexity index is 571. The Morgan fingerprint density at radius 3 is 2.05 bits per heavy atom. The highest BCUT2D eigenvalue weighted by atomic mass is 35.5. The molecule has 6 heteroatoms. The van der Waals surface area contributed by atoms with Gasteiger partial charge in [-0.05, 0) is 42.9 Å². The maximum atomic E-state index is 12.6. The summed E-state index contributed by atoms with van der Waals surface area (Å²) in [5.74, 6) is -2.43. The van der Waals surface area contributed by atoms with Crippen LogP contribution in [0.1, 0.15) is 26.7 Å². The van der Waals surface area contributed by atoms with Gasteiger partial charge in [-0.15, -0.1) is 0 Å². The number of hydrogen-bond acceptors (Lipinski definition) is 2. The number of carbonyl (C=O) groups excluding carboxylic acids is 1. The van der Waals surface area contributed by atoms with Crippen LogP contribution in [0.15, 0.2) is 18.2 Å². The van der Waals surface area contributed by atoms with Crippen LogP contribution in [0.5, 0.6) is 0 Å². The average Bonchev–Trinajstić information content (AvgIpc) is 2.39. The Hall–Kier alpha value is -1.26. The third kappa shape index (κ3) is 3.73. The summed E-state index contributed by atoms with van der Waals surface area (Å²) in [4.78, 5) is 24.2. The summed E-state index contributed by atoms with van der Waals surface area (Å²) in [7, 11) is 0. The third-order valence-corrected chi connectivity index (χ3v) is 4.84. The molecule has 0 bridgehead atoms. The van der Waals surface area contributed by atoms with Crippen LogP contribution >= 0.6 is 23.2 Å². The molecule has 22 heavy (non-hydrogen) atoms. The molecule has 4 unspecified atom stereocenters. The van der Waals surface area contributed by atoms with Crippen molar-refractivity contribution in [2.75, 3.05) is 5.32 Å². The number of nitrogens with one attached hydrogen (secondary N) is 1. The van der Waals surface area contributed by atoms with E-state index < -0.39 is 17.8 Å². The van der Waals surface area contributed by atoms with Gasteiger partial charge in [0, 0.05) is 15.7 Å². The molecule has 0 heterocycles. The molecule has 0 aliphatic heterocycles. The Kier molecular flexibility index (Phi) is 5.35. The predicted octanol–water partition coefficient (Wildman–Crippen LogP) is 4.31. The first-order valence-corrected chi connectivity index (χ1v) is 8.05. The van der Waals surface area contributed by atoms with E-state index in [2.05, 4.69) is 5.32 Å². The summed E-state index contributed by atoms with van der Waals surface area (Å²) >= 11 is 11.8. The van der Waals surface area contributed by atoms with Crippen molar-refractivity contribution in [1.29, 1.82) is 0 Å². The van der Waals surface area contributed by atoms with E-state index in [1.807, 2.05) is 13.8 Å². The van der Waals surface area contributed by atoms with Crippen LogP contribution in [0.3, 0.4) is 0 Å². The molecule has 1 saturated carbocycles. The maximum Gasteiger partial charge on any atom is 0.307 e. The first kappa shape index (κ1) is 17.1. The standard InChI is InChI=1S/C16H19Cl2NO3/c1-8-3-4-9(2)14(16(21)22)13(8)15(20)19-12-6-10(17)5-11(18)7-12/h5-9,13-14H,3-4H2,1-2H3,(H,19,20)(H,21,22). The second-order valence-electron chi connectivity index (χ2n) is 6.07. The van der Waals surface area contributed by atoms with Crippen LogP contribution in [-0.2, 0) is 9.59 Å². The van der Waals surface area contributed by atoms with Crippen LogP contribution in [0.25, 0.3) is 0 Å². The number of carboxylic acid groups (broad SMARTS) is 1. The molecule has 0 spiro atoms. The predicted molar refractivity (Wildman–Crippen MR) is 87.3 cm³/mol.